The van der Waals surface area contributed by atoms with Crippen LogP contribution in [0.4, 0.5) is 0 Å². The van der Waals surface area contributed by atoms with Gasteiger partial charge in [0.2, 0.25) is 11.7 Å². The van der Waals surface area contributed by atoms with Gasteiger partial charge in [-0.15, -0.1) is 0 Å². The van der Waals surface area contributed by atoms with Crippen molar-refractivity contribution in [3.05, 3.63) is 58.9 Å². The van der Waals surface area contributed by atoms with Crippen LogP contribution in [0.5, 0.6) is 0 Å². The summed E-state index contributed by atoms with van der Waals surface area (Å²) >= 11 is 0. The van der Waals surface area contributed by atoms with Gasteiger partial charge < -0.3 is 9.88 Å². The second kappa shape index (κ2) is 7.04. The largest absolute Gasteiger partial charge is 0.353 e. The highest BCUT2D eigenvalue weighted by Gasteiger charge is 2.19. The molecule has 2 aromatic rings. The summed E-state index contributed by atoms with van der Waals surface area (Å²) < 4.78 is 1.83. The van der Waals surface area contributed by atoms with Crippen LogP contribution in [0.2, 0.25) is 0 Å². The highest BCUT2D eigenvalue weighted by molar-refractivity contribution is 6.08. The van der Waals surface area contributed by atoms with Crippen molar-refractivity contribution in [3.63, 3.8) is 0 Å². The molecule has 1 N–H and O–H groups in total. The van der Waals surface area contributed by atoms with Crippen LogP contribution in [0.25, 0.3) is 0 Å². The number of aromatic nitrogens is 1. The first-order valence-corrected chi connectivity index (χ1v) is 8.60. The molecule has 1 heterocycles. The Morgan fingerprint density at radius 3 is 2.42 bits per heavy atom. The molecular formula is C20H24N2O2. The number of rotatable bonds is 5. The van der Waals surface area contributed by atoms with Gasteiger partial charge in [0.05, 0.1) is 12.1 Å². The lowest BCUT2D eigenvalue weighted by molar-refractivity contribution is -0.121. The zero-order valence-corrected chi connectivity index (χ0v) is 14.3. The predicted octanol–water partition coefficient (Wildman–Crippen LogP) is 3.17. The summed E-state index contributed by atoms with van der Waals surface area (Å²) in [5.41, 5.74) is 3.27. The van der Waals surface area contributed by atoms with Gasteiger partial charge in [0.1, 0.15) is 0 Å². The average molecular weight is 324 g/mol. The Balaban J connectivity index is 1.69. The van der Waals surface area contributed by atoms with Crippen molar-refractivity contribution < 1.29 is 9.59 Å². The zero-order valence-electron chi connectivity index (χ0n) is 14.3. The van der Waals surface area contributed by atoms with E-state index in [1.807, 2.05) is 48.9 Å². The minimum Gasteiger partial charge on any atom is -0.353 e. The Bertz CT molecular complexity index is 737. The van der Waals surface area contributed by atoms with E-state index in [0.29, 0.717) is 23.7 Å². The lowest BCUT2D eigenvalue weighted by Gasteiger charge is -2.12. The maximum Gasteiger partial charge on any atom is 0.226 e. The predicted molar refractivity (Wildman–Crippen MR) is 94.1 cm³/mol. The van der Waals surface area contributed by atoms with Crippen molar-refractivity contribution in [2.75, 3.05) is 0 Å². The number of benzene rings is 1. The topological polar surface area (TPSA) is 51.1 Å². The molecule has 4 heteroatoms. The molecule has 0 radical (unpaired) electrons. The molecule has 4 nitrogen and oxygen atoms in total. The molecule has 1 amide bonds. The minimum absolute atomic E-state index is 0.0139. The number of hydrogen-bond donors (Lipinski definition) is 1. The lowest BCUT2D eigenvalue weighted by atomic mass is 10.1. The number of nitrogens with one attached hydrogen (secondary N) is 1. The van der Waals surface area contributed by atoms with Crippen LogP contribution in [0.3, 0.4) is 0 Å². The Morgan fingerprint density at radius 2 is 1.75 bits per heavy atom. The third kappa shape index (κ3) is 3.58. The average Bonchev–Trinajstić information content (AvgIpc) is 3.18. The number of carbonyl (C=O) groups is 2. The molecule has 1 aromatic carbocycles. The van der Waals surface area contributed by atoms with Crippen molar-refractivity contribution in [1.82, 2.24) is 9.88 Å². The Labute approximate surface area is 142 Å². The summed E-state index contributed by atoms with van der Waals surface area (Å²) in [5.74, 6) is 0.0254. The Hall–Kier alpha value is -2.36. The molecule has 1 aliphatic carbocycles. The number of amides is 1. The smallest absolute Gasteiger partial charge is 0.226 e. The molecule has 0 aliphatic heterocycles. The van der Waals surface area contributed by atoms with Crippen LogP contribution in [0.15, 0.2) is 36.4 Å². The molecule has 1 saturated carbocycles. The first kappa shape index (κ1) is 16.5. The lowest BCUT2D eigenvalue weighted by Crippen LogP contribution is -2.34. The molecule has 126 valence electrons. The third-order valence-corrected chi connectivity index (χ3v) is 4.83. The van der Waals surface area contributed by atoms with Gasteiger partial charge in [0.15, 0.2) is 0 Å². The van der Waals surface area contributed by atoms with Gasteiger partial charge in [-0.2, -0.15) is 0 Å². The zero-order chi connectivity index (χ0) is 17.1. The first-order valence-electron chi connectivity index (χ1n) is 8.60. The summed E-state index contributed by atoms with van der Waals surface area (Å²) in [7, 11) is 1.85. The highest BCUT2D eigenvalue weighted by atomic mass is 16.1. The standard InChI is InChI=1S/C20H24N2O2/c1-14-7-9-15(10-8-14)20(24)18-12-11-17(22(18)2)13-19(23)21-16-5-3-4-6-16/h7-12,16H,3-6,13H2,1-2H3,(H,21,23). The quantitative estimate of drug-likeness (QED) is 0.859. The summed E-state index contributed by atoms with van der Waals surface area (Å²) in [4.78, 5) is 24.8. The van der Waals surface area contributed by atoms with E-state index in [2.05, 4.69) is 5.32 Å². The van der Waals surface area contributed by atoms with Crippen molar-refractivity contribution >= 4 is 11.7 Å². The fraction of sp³-hybridized carbons (Fsp3) is 0.400. The summed E-state index contributed by atoms with van der Waals surface area (Å²) in [6.07, 6.45) is 4.87. The number of aryl methyl sites for hydroxylation is 1. The second-order valence-electron chi connectivity index (χ2n) is 6.69. The summed E-state index contributed by atoms with van der Waals surface area (Å²) in [6, 6.07) is 11.6. The number of hydrogen-bond acceptors (Lipinski definition) is 2. The van der Waals surface area contributed by atoms with Crippen LogP contribution in [0.1, 0.15) is 53.0 Å². The highest BCUT2D eigenvalue weighted by Crippen LogP contribution is 2.18. The molecule has 0 unspecified atom stereocenters. The van der Waals surface area contributed by atoms with Gasteiger partial charge in [-0.05, 0) is 31.9 Å². The third-order valence-electron chi connectivity index (χ3n) is 4.83. The minimum atomic E-state index is -0.0139. The van der Waals surface area contributed by atoms with Crippen molar-refractivity contribution in [2.24, 2.45) is 7.05 Å². The van der Waals surface area contributed by atoms with Crippen LogP contribution in [0, 0.1) is 6.92 Å². The second-order valence-corrected chi connectivity index (χ2v) is 6.69. The van der Waals surface area contributed by atoms with E-state index in [4.69, 9.17) is 0 Å². The SMILES string of the molecule is Cc1ccc(C(=O)c2ccc(CC(=O)NC3CCCC3)n2C)cc1. The van der Waals surface area contributed by atoms with E-state index < -0.39 is 0 Å². The van der Waals surface area contributed by atoms with Crippen molar-refractivity contribution in [1.29, 1.82) is 0 Å². The monoisotopic (exact) mass is 324 g/mol. The van der Waals surface area contributed by atoms with Gasteiger partial charge in [-0.3, -0.25) is 9.59 Å². The Morgan fingerprint density at radius 1 is 1.08 bits per heavy atom. The maximum atomic E-state index is 12.6. The molecular weight excluding hydrogens is 300 g/mol. The normalized spacial score (nSPS) is 14.8. The maximum absolute atomic E-state index is 12.6. The summed E-state index contributed by atoms with van der Waals surface area (Å²) in [6.45, 7) is 2.00. The van der Waals surface area contributed by atoms with Gasteiger partial charge in [-0.25, -0.2) is 0 Å². The number of carbonyl (C=O) groups excluding carboxylic acids is 2. The van der Waals surface area contributed by atoms with Crippen LogP contribution in [-0.2, 0) is 18.3 Å². The van der Waals surface area contributed by atoms with Crippen LogP contribution in [-0.4, -0.2) is 22.3 Å². The molecule has 0 spiro atoms. The fourth-order valence-electron chi connectivity index (χ4n) is 3.33. The molecule has 1 fully saturated rings. The number of ketones is 1. The van der Waals surface area contributed by atoms with Crippen LogP contribution < -0.4 is 5.32 Å². The van der Waals surface area contributed by atoms with E-state index >= 15 is 0 Å². The van der Waals surface area contributed by atoms with E-state index in [0.717, 1.165) is 24.1 Å². The van der Waals surface area contributed by atoms with E-state index in [1.165, 1.54) is 12.8 Å². The molecule has 3 rings (SSSR count). The van der Waals surface area contributed by atoms with Gasteiger partial charge in [-0.1, -0.05) is 42.7 Å². The first-order chi connectivity index (χ1) is 11.5. The van der Waals surface area contributed by atoms with Gasteiger partial charge >= 0.3 is 0 Å². The van der Waals surface area contributed by atoms with Crippen LogP contribution >= 0.6 is 0 Å². The molecule has 24 heavy (non-hydrogen) atoms. The van der Waals surface area contributed by atoms with E-state index in [-0.39, 0.29) is 11.7 Å². The Kier molecular flexibility index (Phi) is 4.84. The number of nitrogens with zero attached hydrogens (tertiary/aromatic N) is 1. The summed E-state index contributed by atoms with van der Waals surface area (Å²) in [5, 5.41) is 3.09. The van der Waals surface area contributed by atoms with Crippen molar-refractivity contribution in [2.45, 2.75) is 45.1 Å². The molecule has 0 saturated heterocycles. The molecule has 1 aliphatic rings. The molecule has 1 aromatic heterocycles. The van der Waals surface area contributed by atoms with Gasteiger partial charge in [0, 0.05) is 24.3 Å². The molecule has 0 atom stereocenters. The van der Waals surface area contributed by atoms with Gasteiger partial charge in [0.25, 0.3) is 0 Å². The molecule has 0 bridgehead atoms. The van der Waals surface area contributed by atoms with Crippen molar-refractivity contribution in [3.8, 4) is 0 Å². The fourth-order valence-corrected chi connectivity index (χ4v) is 3.33. The van der Waals surface area contributed by atoms with E-state index in [1.54, 1.807) is 6.07 Å². The van der Waals surface area contributed by atoms with E-state index in [9.17, 15) is 9.59 Å².